The molecule has 37 heavy (non-hydrogen) atoms. The predicted octanol–water partition coefficient (Wildman–Crippen LogP) is 3.84. The third-order valence-corrected chi connectivity index (χ3v) is 7.40. The largest absolute Gasteiger partial charge is 0.416 e. The van der Waals surface area contributed by atoms with Crippen molar-refractivity contribution in [2.24, 2.45) is 0 Å². The third-order valence-electron chi connectivity index (χ3n) is 7.40. The average Bonchev–Trinajstić information content (AvgIpc) is 2.85. The van der Waals surface area contributed by atoms with Crippen molar-refractivity contribution in [2.75, 3.05) is 18.8 Å². The van der Waals surface area contributed by atoms with Gasteiger partial charge < -0.3 is 10.8 Å². The first-order chi connectivity index (χ1) is 17.5. The lowest BCUT2D eigenvalue weighted by atomic mass is 9.83. The number of halogens is 3. The van der Waals surface area contributed by atoms with Gasteiger partial charge >= 0.3 is 6.18 Å². The maximum absolute atomic E-state index is 12.8. The molecule has 2 aliphatic rings. The number of benzene rings is 2. The Morgan fingerprint density at radius 3 is 2.43 bits per heavy atom. The van der Waals surface area contributed by atoms with Crippen LogP contribution in [-0.2, 0) is 27.9 Å². The number of nitrogens with one attached hydrogen (secondary N) is 1. The number of imide groups is 1. The van der Waals surface area contributed by atoms with E-state index >= 15 is 0 Å². The van der Waals surface area contributed by atoms with Gasteiger partial charge in [-0.2, -0.15) is 13.2 Å². The summed E-state index contributed by atoms with van der Waals surface area (Å²) in [6.45, 7) is 1.67. The van der Waals surface area contributed by atoms with Crippen molar-refractivity contribution in [3.8, 4) is 0 Å². The molecule has 1 unspecified atom stereocenters. The van der Waals surface area contributed by atoms with E-state index < -0.39 is 23.3 Å². The van der Waals surface area contributed by atoms with Crippen LogP contribution in [0.15, 0.2) is 48.5 Å². The summed E-state index contributed by atoms with van der Waals surface area (Å²) in [5.41, 5.74) is 7.13. The average molecular weight is 513 g/mol. The molecule has 194 valence electrons. The number of anilines is 1. The van der Waals surface area contributed by atoms with Crippen LogP contribution in [0.1, 0.15) is 53.9 Å². The molecule has 2 amide bonds. The first kappa shape index (κ1) is 25.2. The lowest BCUT2D eigenvalue weighted by molar-refractivity contribution is -0.138. The van der Waals surface area contributed by atoms with Crippen molar-refractivity contribution in [1.29, 1.82) is 0 Å². The van der Waals surface area contributed by atoms with Crippen molar-refractivity contribution in [1.82, 2.24) is 15.2 Å². The zero-order valence-electron chi connectivity index (χ0n) is 20.0. The molecule has 0 bridgehead atoms. The molecule has 4 N–H and O–H groups in total. The fraction of sp³-hybridized carbons (Fsp3) is 0.370. The smallest absolute Gasteiger partial charge is 0.385 e. The van der Waals surface area contributed by atoms with E-state index in [0.717, 1.165) is 28.6 Å². The number of fused-ring (bicyclic) bond motifs is 1. The number of hydrogen-bond acceptors (Lipinski definition) is 6. The van der Waals surface area contributed by atoms with Gasteiger partial charge in [0.2, 0.25) is 11.8 Å². The summed E-state index contributed by atoms with van der Waals surface area (Å²) in [6, 6.07) is 12.5. The van der Waals surface area contributed by atoms with E-state index in [1.807, 2.05) is 18.2 Å². The van der Waals surface area contributed by atoms with Crippen molar-refractivity contribution in [3.63, 3.8) is 0 Å². The van der Waals surface area contributed by atoms with Gasteiger partial charge in [-0.3, -0.25) is 19.8 Å². The van der Waals surface area contributed by atoms with Gasteiger partial charge in [-0.05, 0) is 60.7 Å². The maximum atomic E-state index is 12.8. The van der Waals surface area contributed by atoms with E-state index in [1.165, 1.54) is 12.1 Å². The van der Waals surface area contributed by atoms with Gasteiger partial charge in [0.05, 0.1) is 22.6 Å². The van der Waals surface area contributed by atoms with E-state index in [4.69, 9.17) is 5.73 Å². The van der Waals surface area contributed by atoms with E-state index in [1.54, 1.807) is 6.07 Å². The molecule has 5 rings (SSSR count). The molecule has 0 radical (unpaired) electrons. The highest BCUT2D eigenvalue weighted by Gasteiger charge is 2.35. The number of rotatable bonds is 4. The molecule has 3 heterocycles. The first-order valence-electron chi connectivity index (χ1n) is 12.2. The van der Waals surface area contributed by atoms with Crippen LogP contribution < -0.4 is 11.1 Å². The van der Waals surface area contributed by atoms with Gasteiger partial charge in [0.25, 0.3) is 0 Å². The zero-order valence-corrected chi connectivity index (χ0v) is 20.0. The van der Waals surface area contributed by atoms with Crippen LogP contribution in [0.5, 0.6) is 0 Å². The fourth-order valence-corrected chi connectivity index (χ4v) is 5.19. The second kappa shape index (κ2) is 9.42. The Labute approximate surface area is 211 Å². The molecular formula is C27H27F3N4O3. The second-order valence-electron chi connectivity index (χ2n) is 9.88. The van der Waals surface area contributed by atoms with Gasteiger partial charge in [0, 0.05) is 37.0 Å². The number of pyridine rings is 1. The third kappa shape index (κ3) is 5.17. The highest BCUT2D eigenvalue weighted by Crippen LogP contribution is 2.37. The number of likely N-dealkylation sites (tertiary alicyclic amines) is 1. The lowest BCUT2D eigenvalue weighted by Gasteiger charge is -2.38. The highest BCUT2D eigenvalue weighted by atomic mass is 19.4. The van der Waals surface area contributed by atoms with Crippen molar-refractivity contribution in [3.05, 3.63) is 70.8 Å². The Bertz CT molecular complexity index is 1350. The van der Waals surface area contributed by atoms with Crippen molar-refractivity contribution >= 4 is 28.5 Å². The standard InChI is InChI=1S/C27H27F3N4O3/c28-27(29,30)18-3-1-16(2-4-18)15-34-11-9-26(37,10-12-34)19-5-7-22-17(13-19)14-21(24(31)32-22)20-6-8-23(35)33-25(20)36/h1-5,7,13-14,20,37H,6,8-12,15H2,(H2,31,32)(H,33,35,36). The summed E-state index contributed by atoms with van der Waals surface area (Å²) in [7, 11) is 0. The van der Waals surface area contributed by atoms with Crippen LogP contribution in [0.4, 0.5) is 19.0 Å². The zero-order chi connectivity index (χ0) is 26.4. The quantitative estimate of drug-likeness (QED) is 0.459. The predicted molar refractivity (Wildman–Crippen MR) is 131 cm³/mol. The first-order valence-corrected chi connectivity index (χ1v) is 12.2. The molecule has 1 atom stereocenters. The number of nitrogens with two attached hydrogens (primary N) is 1. The minimum atomic E-state index is -4.36. The number of amides is 2. The monoisotopic (exact) mass is 512 g/mol. The fourth-order valence-electron chi connectivity index (χ4n) is 5.19. The molecule has 2 aromatic carbocycles. The van der Waals surface area contributed by atoms with Crippen molar-refractivity contribution < 1.29 is 27.9 Å². The number of aliphatic hydroxyl groups is 1. The summed E-state index contributed by atoms with van der Waals surface area (Å²) in [4.78, 5) is 30.5. The Hall–Kier alpha value is -3.50. The van der Waals surface area contributed by atoms with Crippen LogP contribution in [-0.4, -0.2) is 39.9 Å². The molecule has 2 aliphatic heterocycles. The molecular weight excluding hydrogens is 485 g/mol. The SMILES string of the molecule is Nc1nc2ccc(C3(O)CCN(Cc4ccc(C(F)(F)F)cc4)CC3)cc2cc1C1CCC(=O)NC1=O. The van der Waals surface area contributed by atoms with Gasteiger partial charge in [0.15, 0.2) is 0 Å². The lowest BCUT2D eigenvalue weighted by Crippen LogP contribution is -2.42. The van der Waals surface area contributed by atoms with Crippen LogP contribution in [0.25, 0.3) is 10.9 Å². The van der Waals surface area contributed by atoms with E-state index in [-0.39, 0.29) is 24.1 Å². The summed E-state index contributed by atoms with van der Waals surface area (Å²) in [5, 5.41) is 14.5. The van der Waals surface area contributed by atoms with Gasteiger partial charge in [-0.15, -0.1) is 0 Å². The summed E-state index contributed by atoms with van der Waals surface area (Å²) in [5.74, 6) is -1.01. The topological polar surface area (TPSA) is 109 Å². The maximum Gasteiger partial charge on any atom is 0.416 e. The summed E-state index contributed by atoms with van der Waals surface area (Å²) < 4.78 is 38.4. The number of aromatic nitrogens is 1. The normalized spacial score (nSPS) is 20.7. The van der Waals surface area contributed by atoms with Crippen LogP contribution in [0, 0.1) is 0 Å². The molecule has 10 heteroatoms. The molecule has 3 aromatic rings. The molecule has 0 aliphatic carbocycles. The van der Waals surface area contributed by atoms with Gasteiger partial charge in [0.1, 0.15) is 5.82 Å². The van der Waals surface area contributed by atoms with E-state index in [0.29, 0.717) is 50.0 Å². The Morgan fingerprint density at radius 1 is 1.08 bits per heavy atom. The number of nitrogens with zero attached hydrogens (tertiary/aromatic N) is 2. The summed E-state index contributed by atoms with van der Waals surface area (Å²) in [6.07, 6.45) is -2.84. The molecule has 0 saturated carbocycles. The van der Waals surface area contributed by atoms with Crippen LogP contribution in [0.2, 0.25) is 0 Å². The number of alkyl halides is 3. The van der Waals surface area contributed by atoms with Crippen LogP contribution >= 0.6 is 0 Å². The van der Waals surface area contributed by atoms with Crippen LogP contribution in [0.3, 0.4) is 0 Å². The molecule has 2 fully saturated rings. The molecule has 0 spiro atoms. The van der Waals surface area contributed by atoms with Crippen molar-refractivity contribution in [2.45, 2.75) is 49.9 Å². The minimum absolute atomic E-state index is 0.233. The van der Waals surface area contributed by atoms with E-state index in [9.17, 15) is 27.9 Å². The van der Waals surface area contributed by atoms with Gasteiger partial charge in [-0.1, -0.05) is 18.2 Å². The molecule has 7 nitrogen and oxygen atoms in total. The molecule has 2 saturated heterocycles. The number of hydrogen-bond donors (Lipinski definition) is 3. The Morgan fingerprint density at radius 2 is 1.78 bits per heavy atom. The number of carbonyl (C=O) groups excluding carboxylic acids is 2. The molecule has 1 aromatic heterocycles. The highest BCUT2D eigenvalue weighted by molar-refractivity contribution is 6.01. The number of piperidine rings is 2. The second-order valence-corrected chi connectivity index (χ2v) is 9.88. The Balaban J connectivity index is 1.30. The summed E-state index contributed by atoms with van der Waals surface area (Å²) >= 11 is 0. The Kier molecular flexibility index (Phi) is 6.41. The minimum Gasteiger partial charge on any atom is -0.385 e. The number of carbonyl (C=O) groups is 2. The van der Waals surface area contributed by atoms with E-state index in [2.05, 4.69) is 15.2 Å². The number of nitrogen functional groups attached to an aromatic ring is 1. The van der Waals surface area contributed by atoms with Gasteiger partial charge in [-0.25, -0.2) is 4.98 Å².